The Morgan fingerprint density at radius 3 is 2.38 bits per heavy atom. The third-order valence-corrected chi connectivity index (χ3v) is 8.22. The number of furan rings is 1. The molecule has 40 heavy (non-hydrogen) atoms. The van der Waals surface area contributed by atoms with Crippen LogP contribution in [0.4, 0.5) is 0 Å². The van der Waals surface area contributed by atoms with Gasteiger partial charge in [0, 0.05) is 20.8 Å². The van der Waals surface area contributed by atoms with Crippen LogP contribution in [0.15, 0.2) is 117 Å². The van der Waals surface area contributed by atoms with E-state index in [0.717, 1.165) is 20.3 Å². The lowest BCUT2D eigenvalue weighted by molar-refractivity contribution is -0.138. The molecule has 0 spiro atoms. The Kier molecular flexibility index (Phi) is 7.36. The van der Waals surface area contributed by atoms with Gasteiger partial charge in [-0.1, -0.05) is 84.1 Å². The maximum absolute atomic E-state index is 14.0. The van der Waals surface area contributed by atoms with Crippen LogP contribution < -0.4 is 14.9 Å². The summed E-state index contributed by atoms with van der Waals surface area (Å²) < 4.78 is 14.8. The van der Waals surface area contributed by atoms with Gasteiger partial charge in [-0.25, -0.2) is 9.79 Å². The summed E-state index contributed by atoms with van der Waals surface area (Å²) in [4.78, 5) is 32.8. The number of hydrogen-bond donors (Lipinski definition) is 0. The Hall–Kier alpha value is -4.02. The summed E-state index contributed by atoms with van der Waals surface area (Å²) in [6.45, 7) is 1.97. The van der Waals surface area contributed by atoms with Gasteiger partial charge in [-0.2, -0.15) is 0 Å². The zero-order chi connectivity index (χ0) is 27.6. The molecule has 6 nitrogen and oxygen atoms in total. The minimum atomic E-state index is -0.701. The number of carbonyl (C=O) groups excluding carboxylic acids is 1. The number of esters is 1. The molecule has 5 aromatic rings. The molecule has 3 aromatic carbocycles. The van der Waals surface area contributed by atoms with Crippen LogP contribution in [-0.2, 0) is 9.53 Å². The highest BCUT2D eigenvalue weighted by atomic mass is 127. The van der Waals surface area contributed by atoms with E-state index in [1.165, 1.54) is 11.3 Å². The molecule has 3 heterocycles. The van der Waals surface area contributed by atoms with Crippen LogP contribution in [0.25, 0.3) is 23.1 Å². The van der Waals surface area contributed by atoms with Gasteiger partial charge in [0.25, 0.3) is 5.56 Å². The van der Waals surface area contributed by atoms with Crippen molar-refractivity contribution in [2.75, 3.05) is 6.61 Å². The van der Waals surface area contributed by atoms with Gasteiger partial charge in [0.05, 0.1) is 28.5 Å². The van der Waals surface area contributed by atoms with Gasteiger partial charge in [0.2, 0.25) is 0 Å². The van der Waals surface area contributed by atoms with Gasteiger partial charge in [0.1, 0.15) is 11.5 Å². The fourth-order valence-corrected chi connectivity index (χ4v) is 6.06. The molecule has 1 aliphatic heterocycles. The van der Waals surface area contributed by atoms with E-state index in [1.807, 2.05) is 97.1 Å². The zero-order valence-corrected chi connectivity index (χ0v) is 24.4. The average Bonchev–Trinajstić information content (AvgIpc) is 3.58. The number of rotatable bonds is 6. The fraction of sp³-hybridized carbons (Fsp3) is 0.0938. The Morgan fingerprint density at radius 2 is 1.68 bits per heavy atom. The second kappa shape index (κ2) is 11.2. The molecule has 0 N–H and O–H groups in total. The van der Waals surface area contributed by atoms with Crippen molar-refractivity contribution in [1.82, 2.24) is 4.57 Å². The summed E-state index contributed by atoms with van der Waals surface area (Å²) >= 11 is 3.53. The number of hydrogen-bond acceptors (Lipinski definition) is 6. The number of thiazole rings is 1. The van der Waals surface area contributed by atoms with E-state index < -0.39 is 12.0 Å². The summed E-state index contributed by atoms with van der Waals surface area (Å²) in [5.74, 6) is 0.776. The van der Waals surface area contributed by atoms with Crippen molar-refractivity contribution in [3.8, 4) is 11.3 Å². The van der Waals surface area contributed by atoms with E-state index in [2.05, 4.69) is 22.6 Å². The van der Waals surface area contributed by atoms with Crippen LogP contribution in [0.5, 0.6) is 0 Å². The molecule has 0 unspecified atom stereocenters. The lowest BCUT2D eigenvalue weighted by Crippen LogP contribution is -2.39. The average molecular weight is 659 g/mol. The van der Waals surface area contributed by atoms with Gasteiger partial charge < -0.3 is 9.15 Å². The van der Waals surface area contributed by atoms with Crippen LogP contribution in [-0.4, -0.2) is 17.1 Å². The summed E-state index contributed by atoms with van der Waals surface area (Å²) in [7, 11) is 0. The van der Waals surface area contributed by atoms with Crippen molar-refractivity contribution in [3.05, 3.63) is 143 Å². The molecule has 0 saturated carbocycles. The normalized spacial score (nSPS) is 15.1. The van der Waals surface area contributed by atoms with Crippen LogP contribution in [0, 0.1) is 3.57 Å². The first kappa shape index (κ1) is 26.2. The molecule has 0 bridgehead atoms. The van der Waals surface area contributed by atoms with Gasteiger partial charge in [-0.05, 0) is 59.3 Å². The molecule has 0 amide bonds. The Bertz CT molecular complexity index is 1900. The monoisotopic (exact) mass is 658 g/mol. The Labute approximate surface area is 247 Å². The van der Waals surface area contributed by atoms with Gasteiger partial charge in [-0.3, -0.25) is 9.36 Å². The predicted molar refractivity (Wildman–Crippen MR) is 164 cm³/mol. The van der Waals surface area contributed by atoms with E-state index in [0.29, 0.717) is 32.1 Å². The summed E-state index contributed by atoms with van der Waals surface area (Å²) in [6.07, 6.45) is 1.73. The third kappa shape index (κ3) is 5.00. The molecule has 1 atom stereocenters. The molecule has 0 aliphatic carbocycles. The van der Waals surface area contributed by atoms with E-state index in [-0.39, 0.29) is 12.2 Å². The smallest absolute Gasteiger partial charge is 0.338 e. The van der Waals surface area contributed by atoms with Crippen molar-refractivity contribution in [3.63, 3.8) is 0 Å². The summed E-state index contributed by atoms with van der Waals surface area (Å²) in [5.41, 5.74) is 3.10. The SMILES string of the molecule is CCOC(=O)C1=C(c2ccccc2)N=c2s/c(=C\c3ccc(-c4ccc(I)cc4)o3)c(=O)n2[C@H]1c1ccccc1. The van der Waals surface area contributed by atoms with E-state index in [1.54, 1.807) is 17.6 Å². The fourth-order valence-electron chi connectivity index (χ4n) is 4.72. The molecular weight excluding hydrogens is 635 g/mol. The largest absolute Gasteiger partial charge is 0.463 e. The highest BCUT2D eigenvalue weighted by Gasteiger charge is 2.35. The Balaban J connectivity index is 1.55. The van der Waals surface area contributed by atoms with Crippen molar-refractivity contribution >= 4 is 51.7 Å². The Morgan fingerprint density at radius 1 is 0.975 bits per heavy atom. The minimum absolute atomic E-state index is 0.206. The second-order valence-electron chi connectivity index (χ2n) is 9.05. The zero-order valence-electron chi connectivity index (χ0n) is 21.4. The maximum atomic E-state index is 14.0. The predicted octanol–water partition coefficient (Wildman–Crippen LogP) is 5.80. The lowest BCUT2D eigenvalue weighted by atomic mass is 9.93. The van der Waals surface area contributed by atoms with Crippen molar-refractivity contribution in [1.29, 1.82) is 0 Å². The highest BCUT2D eigenvalue weighted by molar-refractivity contribution is 14.1. The van der Waals surface area contributed by atoms with Gasteiger partial charge in [-0.15, -0.1) is 0 Å². The quantitative estimate of drug-likeness (QED) is 0.171. The molecule has 2 aromatic heterocycles. The maximum Gasteiger partial charge on any atom is 0.338 e. The number of benzene rings is 3. The molecule has 1 aliphatic rings. The first-order valence-electron chi connectivity index (χ1n) is 12.7. The van der Waals surface area contributed by atoms with Crippen LogP contribution in [0.1, 0.15) is 29.9 Å². The number of aromatic nitrogens is 1. The van der Waals surface area contributed by atoms with Crippen LogP contribution in [0.3, 0.4) is 0 Å². The van der Waals surface area contributed by atoms with E-state index in [4.69, 9.17) is 14.1 Å². The number of ether oxygens (including phenoxy) is 1. The molecular formula is C32H23IN2O4S. The number of nitrogens with zero attached hydrogens (tertiary/aromatic N) is 2. The molecule has 6 rings (SSSR count). The standard InChI is InChI=1S/C32H23IN2O4S/c1-2-38-31(37)27-28(21-9-5-3-6-10-21)34-32-35(29(27)22-11-7-4-8-12-22)30(36)26(40-32)19-24-17-18-25(39-24)20-13-15-23(33)16-14-20/h3-19,29H,2H2,1H3/b26-19-/t29-/m0/s1. The third-order valence-electron chi connectivity index (χ3n) is 6.52. The van der Waals surface area contributed by atoms with Crippen LogP contribution >= 0.6 is 33.9 Å². The summed E-state index contributed by atoms with van der Waals surface area (Å²) in [5, 5.41) is 0. The number of fused-ring (bicyclic) bond motifs is 1. The lowest BCUT2D eigenvalue weighted by Gasteiger charge is -2.25. The molecule has 0 saturated heterocycles. The topological polar surface area (TPSA) is 73.8 Å². The summed E-state index contributed by atoms with van der Waals surface area (Å²) in [6, 6.07) is 30.1. The number of halogens is 1. The molecule has 8 heteroatoms. The molecule has 0 fully saturated rings. The first-order valence-corrected chi connectivity index (χ1v) is 14.6. The minimum Gasteiger partial charge on any atom is -0.463 e. The van der Waals surface area contributed by atoms with E-state index >= 15 is 0 Å². The van der Waals surface area contributed by atoms with Crippen LogP contribution in [0.2, 0.25) is 0 Å². The first-order chi connectivity index (χ1) is 19.5. The van der Waals surface area contributed by atoms with Crippen molar-refractivity contribution in [2.24, 2.45) is 4.99 Å². The highest BCUT2D eigenvalue weighted by Crippen LogP contribution is 2.35. The van der Waals surface area contributed by atoms with Gasteiger partial charge >= 0.3 is 5.97 Å². The second-order valence-corrected chi connectivity index (χ2v) is 11.3. The molecule has 0 radical (unpaired) electrons. The number of carbonyl (C=O) groups is 1. The van der Waals surface area contributed by atoms with Crippen molar-refractivity contribution < 1.29 is 13.9 Å². The molecule has 198 valence electrons. The van der Waals surface area contributed by atoms with E-state index in [9.17, 15) is 9.59 Å². The van der Waals surface area contributed by atoms with Gasteiger partial charge in [0.15, 0.2) is 4.80 Å². The van der Waals surface area contributed by atoms with Crippen molar-refractivity contribution in [2.45, 2.75) is 13.0 Å².